The molecule has 39 heavy (non-hydrogen) atoms. The van der Waals surface area contributed by atoms with Crippen molar-refractivity contribution in [1.29, 1.82) is 0 Å². The van der Waals surface area contributed by atoms with Crippen molar-refractivity contribution in [3.05, 3.63) is 106 Å². The molecule has 0 spiro atoms. The minimum atomic E-state index is -0.944. The lowest BCUT2D eigenvalue weighted by atomic mass is 9.76. The average molecular weight is 527 g/mol. The van der Waals surface area contributed by atoms with Crippen molar-refractivity contribution in [2.24, 2.45) is 5.92 Å². The molecule has 2 aromatic carbocycles. The highest BCUT2D eigenvalue weighted by atomic mass is 19.2. The Morgan fingerprint density at radius 1 is 0.846 bits per heavy atom. The lowest BCUT2D eigenvalue weighted by Gasteiger charge is -2.59. The van der Waals surface area contributed by atoms with E-state index < -0.39 is 35.0 Å². The van der Waals surface area contributed by atoms with E-state index in [-0.39, 0.29) is 29.1 Å². The maximum Gasteiger partial charge on any atom is 0.278 e. The summed E-state index contributed by atoms with van der Waals surface area (Å²) < 4.78 is 34.0. The Labute approximate surface area is 222 Å². The molecule has 7 nitrogen and oxygen atoms in total. The van der Waals surface area contributed by atoms with E-state index in [1.165, 1.54) is 12.3 Å². The minimum Gasteiger partial charge on any atom is -0.502 e. The lowest BCUT2D eigenvalue weighted by molar-refractivity contribution is -0.0247. The summed E-state index contributed by atoms with van der Waals surface area (Å²) in [6.45, 7) is 0. The summed E-state index contributed by atoms with van der Waals surface area (Å²) in [5, 5.41) is 12.9. The Kier molecular flexibility index (Phi) is 4.52. The van der Waals surface area contributed by atoms with E-state index in [4.69, 9.17) is 0 Å². The number of piperidine rings is 2. The van der Waals surface area contributed by atoms with Gasteiger partial charge in [0.15, 0.2) is 23.1 Å². The van der Waals surface area contributed by atoms with Gasteiger partial charge in [-0.3, -0.25) is 19.3 Å². The number of pyridine rings is 1. The normalized spacial score (nSPS) is 24.4. The van der Waals surface area contributed by atoms with Crippen LogP contribution in [0.3, 0.4) is 0 Å². The summed E-state index contributed by atoms with van der Waals surface area (Å²) in [4.78, 5) is 28.3. The third-order valence-electron chi connectivity index (χ3n) is 9.03. The number of hydrogen-bond donors (Lipinski definition) is 1. The van der Waals surface area contributed by atoms with Crippen molar-refractivity contribution in [2.45, 2.75) is 43.9 Å². The van der Waals surface area contributed by atoms with E-state index in [1.54, 1.807) is 22.9 Å². The molecule has 1 aliphatic carbocycles. The van der Waals surface area contributed by atoms with Gasteiger partial charge in [0.25, 0.3) is 5.91 Å². The number of rotatable bonds is 1. The van der Waals surface area contributed by atoms with Gasteiger partial charge in [-0.15, -0.1) is 0 Å². The van der Waals surface area contributed by atoms with Crippen LogP contribution in [0.4, 0.5) is 8.78 Å². The Balaban J connectivity index is 1.49. The van der Waals surface area contributed by atoms with Gasteiger partial charge in [0, 0.05) is 35.6 Å². The number of benzene rings is 2. The molecule has 2 aromatic heterocycles. The summed E-state index contributed by atoms with van der Waals surface area (Å²) in [5.41, 5.74) is 2.11. The molecule has 3 fully saturated rings. The predicted octanol–water partition coefficient (Wildman–Crippen LogP) is 4.69. The van der Waals surface area contributed by atoms with Crippen LogP contribution in [-0.4, -0.2) is 37.4 Å². The largest absolute Gasteiger partial charge is 0.502 e. The maximum absolute atomic E-state index is 15.8. The smallest absolute Gasteiger partial charge is 0.278 e. The third kappa shape index (κ3) is 2.84. The number of carbonyl (C=O) groups is 1. The van der Waals surface area contributed by atoms with Gasteiger partial charge in [-0.05, 0) is 61.4 Å². The number of fused-ring (bicyclic) bond motifs is 8. The summed E-state index contributed by atoms with van der Waals surface area (Å²) in [5.74, 6) is -2.73. The molecule has 9 heteroatoms. The summed E-state index contributed by atoms with van der Waals surface area (Å²) in [6, 6.07) is 14.6. The molecule has 2 bridgehead atoms. The number of aromatic nitrogens is 2. The summed E-state index contributed by atoms with van der Waals surface area (Å²) in [6.07, 6.45) is 6.50. The topological polar surface area (TPSA) is 70.7 Å². The van der Waals surface area contributed by atoms with Gasteiger partial charge >= 0.3 is 0 Å². The lowest BCUT2D eigenvalue weighted by Crippen LogP contribution is -2.70. The molecule has 196 valence electrons. The van der Waals surface area contributed by atoms with Crippen molar-refractivity contribution in [1.82, 2.24) is 14.1 Å². The molecule has 9 rings (SSSR count). The number of aromatic hydroxyl groups is 1. The molecule has 1 amide bonds. The monoisotopic (exact) mass is 526 g/mol. The molecule has 0 radical (unpaired) electrons. The fourth-order valence-corrected chi connectivity index (χ4v) is 7.43. The van der Waals surface area contributed by atoms with Crippen LogP contribution >= 0.6 is 0 Å². The van der Waals surface area contributed by atoms with E-state index in [9.17, 15) is 19.1 Å². The van der Waals surface area contributed by atoms with Crippen molar-refractivity contribution >= 4 is 5.91 Å². The Morgan fingerprint density at radius 3 is 2.46 bits per heavy atom. The number of halogens is 2. The van der Waals surface area contributed by atoms with Gasteiger partial charge in [-0.2, -0.15) is 0 Å². The van der Waals surface area contributed by atoms with Crippen LogP contribution in [-0.2, 0) is 0 Å². The first-order valence-electron chi connectivity index (χ1n) is 13.3. The molecule has 5 aliphatic rings. The van der Waals surface area contributed by atoms with Crippen molar-refractivity contribution < 1.29 is 18.7 Å². The van der Waals surface area contributed by atoms with E-state index >= 15 is 4.39 Å². The summed E-state index contributed by atoms with van der Waals surface area (Å²) >= 11 is 0. The average Bonchev–Trinajstić information content (AvgIpc) is 3.40. The Bertz CT molecular complexity index is 1750. The first-order chi connectivity index (χ1) is 19.0. The molecule has 6 heterocycles. The highest BCUT2D eigenvalue weighted by Crippen LogP contribution is 2.50. The highest BCUT2D eigenvalue weighted by molar-refractivity contribution is 5.97. The van der Waals surface area contributed by atoms with Crippen molar-refractivity contribution in [3.63, 3.8) is 0 Å². The number of para-hydroxylation sites is 1. The fraction of sp³-hybridized carbons (Fsp3) is 0.267. The quantitative estimate of drug-likeness (QED) is 0.391. The second-order valence-electron chi connectivity index (χ2n) is 10.8. The van der Waals surface area contributed by atoms with Gasteiger partial charge in [-0.1, -0.05) is 24.3 Å². The molecule has 4 aromatic rings. The van der Waals surface area contributed by atoms with Crippen molar-refractivity contribution in [2.75, 3.05) is 5.01 Å². The van der Waals surface area contributed by atoms with Crippen LogP contribution in [0.1, 0.15) is 53.3 Å². The van der Waals surface area contributed by atoms with Crippen LogP contribution in [0.15, 0.2) is 71.8 Å². The maximum atomic E-state index is 15.8. The zero-order chi connectivity index (χ0) is 26.6. The first kappa shape index (κ1) is 22.6. The van der Waals surface area contributed by atoms with E-state index in [1.807, 2.05) is 44.9 Å². The van der Waals surface area contributed by atoms with Gasteiger partial charge in [0.2, 0.25) is 5.43 Å². The fourth-order valence-electron chi connectivity index (χ4n) is 7.43. The molecular formula is C30H24F2N4O3. The standard InChI is InChI=1S/C30H24F2N4O3/c31-20-12-11-19-24(25(20)32)22-6-3-14-33(22)21-5-2-1-4-18(21)26(19)36-29-16-7-9-17(10-8-16)35(29)30(39)27-28(38)23(37)13-15-34(27)36/h1-6,11-17,26,29,38H,7-10H2. The summed E-state index contributed by atoms with van der Waals surface area (Å²) in [7, 11) is 0. The van der Waals surface area contributed by atoms with Crippen LogP contribution in [0, 0.1) is 17.6 Å². The van der Waals surface area contributed by atoms with Gasteiger partial charge in [-0.25, -0.2) is 8.78 Å². The molecule has 4 aliphatic heterocycles. The molecular weight excluding hydrogens is 502 g/mol. The van der Waals surface area contributed by atoms with E-state index in [2.05, 4.69) is 0 Å². The number of nitrogens with zero attached hydrogens (tertiary/aromatic N) is 4. The van der Waals surface area contributed by atoms with Gasteiger partial charge in [0.05, 0.1) is 11.4 Å². The number of carbonyl (C=O) groups excluding carboxylic acids is 1. The Morgan fingerprint density at radius 2 is 1.64 bits per heavy atom. The Hall–Kier alpha value is -4.40. The van der Waals surface area contributed by atoms with Crippen LogP contribution in [0.5, 0.6) is 5.75 Å². The minimum absolute atomic E-state index is 0.0299. The first-order valence-corrected chi connectivity index (χ1v) is 13.3. The third-order valence-corrected chi connectivity index (χ3v) is 9.03. The zero-order valence-corrected chi connectivity index (χ0v) is 20.8. The van der Waals surface area contributed by atoms with Crippen LogP contribution in [0.2, 0.25) is 0 Å². The number of amides is 1. The van der Waals surface area contributed by atoms with E-state index in [0.717, 1.165) is 43.0 Å². The van der Waals surface area contributed by atoms with E-state index in [0.29, 0.717) is 11.3 Å². The highest BCUT2D eigenvalue weighted by Gasteiger charge is 2.54. The predicted molar refractivity (Wildman–Crippen MR) is 139 cm³/mol. The SMILES string of the molecule is O=C1c2c(O)c(=O)ccn2N(C2c3ccccc3-n3cccc3-c3c2ccc(F)c3F)C2C3CCC(CC3)N12. The number of hydrogen-bond acceptors (Lipinski definition) is 4. The molecule has 1 N–H and O–H groups in total. The molecule has 2 unspecified atom stereocenters. The van der Waals surface area contributed by atoms with Crippen LogP contribution < -0.4 is 10.4 Å². The van der Waals surface area contributed by atoms with Gasteiger partial charge in [0.1, 0.15) is 12.2 Å². The van der Waals surface area contributed by atoms with Crippen LogP contribution in [0.25, 0.3) is 16.9 Å². The van der Waals surface area contributed by atoms with Gasteiger partial charge < -0.3 is 14.6 Å². The second kappa shape index (κ2) is 7.81. The zero-order valence-electron chi connectivity index (χ0n) is 20.8. The van der Waals surface area contributed by atoms with Crippen molar-refractivity contribution in [3.8, 4) is 22.7 Å². The molecule has 1 saturated carbocycles. The second-order valence-corrected chi connectivity index (χ2v) is 10.8. The molecule has 2 atom stereocenters. The molecule has 2 saturated heterocycles.